The van der Waals surface area contributed by atoms with Gasteiger partial charge < -0.3 is 14.4 Å². The van der Waals surface area contributed by atoms with Crippen LogP contribution in [0.1, 0.15) is 57.6 Å². The molecule has 1 amide bonds. The summed E-state index contributed by atoms with van der Waals surface area (Å²) in [5.41, 5.74) is 4.48. The summed E-state index contributed by atoms with van der Waals surface area (Å²) >= 11 is 3.66. The monoisotopic (exact) mass is 467 g/mol. The Labute approximate surface area is 186 Å². The van der Waals surface area contributed by atoms with Gasteiger partial charge in [0, 0.05) is 23.2 Å². The number of rotatable bonds is 0. The van der Waals surface area contributed by atoms with E-state index in [1.807, 2.05) is 43.9 Å². The molecular weight excluding hydrogens is 442 g/mol. The third kappa shape index (κ3) is 3.33. The Balaban J connectivity index is 1.56. The number of para-hydroxylation sites is 2. The van der Waals surface area contributed by atoms with Crippen molar-refractivity contribution in [2.45, 2.75) is 64.1 Å². The minimum absolute atomic E-state index is 0.172. The van der Waals surface area contributed by atoms with Gasteiger partial charge in [0.2, 0.25) is 0 Å². The van der Waals surface area contributed by atoms with Gasteiger partial charge in [-0.3, -0.25) is 0 Å². The standard InChI is InChI=1S/C25H26BrNO3/c1-25(2,3)30-24(28)27-16-11-12-17(27)14-15(13-16)22-18-7-4-5-10-21(18)29-23-19(22)8-6-9-20(23)26/h4-10,16-17H,11-14H2,1-3H3/b22-15-/t16-,17+/m1/s1. The third-order valence-corrected chi connectivity index (χ3v) is 6.77. The van der Waals surface area contributed by atoms with Crippen LogP contribution >= 0.6 is 15.9 Å². The van der Waals surface area contributed by atoms with E-state index < -0.39 is 5.60 Å². The molecule has 156 valence electrons. The molecule has 2 aromatic carbocycles. The first kappa shape index (κ1) is 19.7. The number of carbonyl (C=O) groups is 1. The molecule has 0 aliphatic carbocycles. The largest absolute Gasteiger partial charge is 0.455 e. The lowest BCUT2D eigenvalue weighted by atomic mass is 9.84. The van der Waals surface area contributed by atoms with Crippen molar-refractivity contribution < 1.29 is 14.3 Å². The summed E-state index contributed by atoms with van der Waals surface area (Å²) in [4.78, 5) is 14.9. The highest BCUT2D eigenvalue weighted by Gasteiger charge is 2.44. The molecule has 2 aromatic rings. The summed E-state index contributed by atoms with van der Waals surface area (Å²) in [6.45, 7) is 5.79. The molecule has 30 heavy (non-hydrogen) atoms. The zero-order valence-electron chi connectivity index (χ0n) is 17.6. The molecule has 2 bridgehead atoms. The van der Waals surface area contributed by atoms with Crippen molar-refractivity contribution in [2.24, 2.45) is 0 Å². The van der Waals surface area contributed by atoms with Crippen LogP contribution in [-0.2, 0) is 4.74 Å². The summed E-state index contributed by atoms with van der Waals surface area (Å²) in [6.07, 6.45) is 3.65. The summed E-state index contributed by atoms with van der Waals surface area (Å²) in [5, 5.41) is 0. The molecule has 0 saturated carbocycles. The van der Waals surface area contributed by atoms with E-state index in [4.69, 9.17) is 9.47 Å². The number of hydrogen-bond donors (Lipinski definition) is 0. The van der Waals surface area contributed by atoms with Crippen molar-refractivity contribution in [1.29, 1.82) is 0 Å². The van der Waals surface area contributed by atoms with E-state index in [1.54, 1.807) is 0 Å². The second-order valence-corrected chi connectivity index (χ2v) is 10.2. The van der Waals surface area contributed by atoms with Crippen LogP contribution in [0.25, 0.3) is 5.57 Å². The second kappa shape index (κ2) is 7.16. The van der Waals surface area contributed by atoms with Gasteiger partial charge in [-0.2, -0.15) is 0 Å². The van der Waals surface area contributed by atoms with E-state index >= 15 is 0 Å². The van der Waals surface area contributed by atoms with Gasteiger partial charge in [0.15, 0.2) is 0 Å². The highest BCUT2D eigenvalue weighted by molar-refractivity contribution is 9.10. The predicted molar refractivity (Wildman–Crippen MR) is 121 cm³/mol. The first-order chi connectivity index (χ1) is 14.3. The number of amides is 1. The Kier molecular flexibility index (Phi) is 4.69. The lowest BCUT2D eigenvalue weighted by molar-refractivity contribution is 0.0115. The van der Waals surface area contributed by atoms with E-state index in [0.717, 1.165) is 52.8 Å². The molecule has 2 atom stereocenters. The quantitative estimate of drug-likeness (QED) is 0.360. The number of piperidine rings is 1. The fraction of sp³-hybridized carbons (Fsp3) is 0.400. The highest BCUT2D eigenvalue weighted by atomic mass is 79.9. The van der Waals surface area contributed by atoms with Crippen LogP contribution in [0.4, 0.5) is 4.79 Å². The van der Waals surface area contributed by atoms with Crippen LogP contribution in [-0.4, -0.2) is 28.7 Å². The highest BCUT2D eigenvalue weighted by Crippen LogP contribution is 2.51. The minimum atomic E-state index is -0.472. The maximum absolute atomic E-state index is 12.9. The first-order valence-electron chi connectivity index (χ1n) is 10.6. The molecule has 0 radical (unpaired) electrons. The van der Waals surface area contributed by atoms with E-state index in [1.165, 1.54) is 11.1 Å². The number of fused-ring (bicyclic) bond motifs is 4. The van der Waals surface area contributed by atoms with Crippen LogP contribution in [0, 0.1) is 0 Å². The fourth-order valence-electron chi connectivity index (χ4n) is 5.04. The number of benzene rings is 2. The predicted octanol–water partition coefficient (Wildman–Crippen LogP) is 6.92. The average Bonchev–Trinajstić information content (AvgIpc) is 2.96. The molecule has 3 aliphatic rings. The van der Waals surface area contributed by atoms with E-state index in [-0.39, 0.29) is 18.2 Å². The van der Waals surface area contributed by atoms with Crippen LogP contribution in [0.5, 0.6) is 11.5 Å². The summed E-state index contributed by atoms with van der Waals surface area (Å²) in [7, 11) is 0. The Bertz CT molecular complexity index is 1040. The molecule has 3 heterocycles. The van der Waals surface area contributed by atoms with Gasteiger partial charge in [-0.25, -0.2) is 4.79 Å². The lowest BCUT2D eigenvalue weighted by Crippen LogP contribution is -2.47. The molecule has 2 fully saturated rings. The topological polar surface area (TPSA) is 38.8 Å². The van der Waals surface area contributed by atoms with Gasteiger partial charge in [0.05, 0.1) is 4.47 Å². The van der Waals surface area contributed by atoms with Crippen molar-refractivity contribution in [3.8, 4) is 11.5 Å². The molecule has 0 N–H and O–H groups in total. The maximum atomic E-state index is 12.9. The van der Waals surface area contributed by atoms with E-state index in [2.05, 4.69) is 40.2 Å². The molecule has 2 saturated heterocycles. The lowest BCUT2D eigenvalue weighted by Gasteiger charge is -2.38. The smallest absolute Gasteiger partial charge is 0.410 e. The van der Waals surface area contributed by atoms with Gasteiger partial charge in [-0.05, 0) is 80.1 Å². The molecule has 0 spiro atoms. The van der Waals surface area contributed by atoms with Crippen molar-refractivity contribution in [3.63, 3.8) is 0 Å². The number of carbonyl (C=O) groups excluding carboxylic acids is 1. The number of ether oxygens (including phenoxy) is 2. The summed E-state index contributed by atoms with van der Waals surface area (Å²) in [6, 6.07) is 14.9. The van der Waals surface area contributed by atoms with Crippen LogP contribution in [0.2, 0.25) is 0 Å². The Morgan fingerprint density at radius 3 is 2.40 bits per heavy atom. The van der Waals surface area contributed by atoms with Gasteiger partial charge in [0.25, 0.3) is 0 Å². The number of hydrogen-bond acceptors (Lipinski definition) is 3. The van der Waals surface area contributed by atoms with E-state index in [9.17, 15) is 4.79 Å². The molecule has 0 aromatic heterocycles. The van der Waals surface area contributed by atoms with Crippen LogP contribution < -0.4 is 4.74 Å². The number of nitrogens with zero attached hydrogens (tertiary/aromatic N) is 1. The molecule has 5 heteroatoms. The molecule has 4 nitrogen and oxygen atoms in total. The van der Waals surface area contributed by atoms with Gasteiger partial charge in [0.1, 0.15) is 17.1 Å². The zero-order chi connectivity index (χ0) is 21.0. The van der Waals surface area contributed by atoms with Crippen molar-refractivity contribution >= 4 is 27.6 Å². The molecule has 5 rings (SSSR count). The van der Waals surface area contributed by atoms with Crippen LogP contribution in [0.15, 0.2) is 52.5 Å². The Hall–Kier alpha value is -2.27. The Morgan fingerprint density at radius 1 is 1.03 bits per heavy atom. The van der Waals surface area contributed by atoms with Crippen molar-refractivity contribution in [1.82, 2.24) is 4.90 Å². The fourth-order valence-corrected chi connectivity index (χ4v) is 5.49. The number of halogens is 1. The van der Waals surface area contributed by atoms with Gasteiger partial charge >= 0.3 is 6.09 Å². The zero-order valence-corrected chi connectivity index (χ0v) is 19.2. The SMILES string of the molecule is CC(C)(C)OC(=O)N1[C@@H]2CC[C@H]1C/C(=C1/c3ccccc3Oc3c(Br)cccc31)C2. The average molecular weight is 468 g/mol. The minimum Gasteiger partial charge on any atom is -0.455 e. The Morgan fingerprint density at radius 2 is 1.70 bits per heavy atom. The third-order valence-electron chi connectivity index (χ3n) is 6.15. The van der Waals surface area contributed by atoms with Crippen molar-refractivity contribution in [2.75, 3.05) is 0 Å². The summed E-state index contributed by atoms with van der Waals surface area (Å²) in [5.74, 6) is 1.77. The van der Waals surface area contributed by atoms with Crippen LogP contribution in [0.3, 0.4) is 0 Å². The molecule has 0 unspecified atom stereocenters. The second-order valence-electron chi connectivity index (χ2n) is 9.37. The summed E-state index contributed by atoms with van der Waals surface area (Å²) < 4.78 is 12.9. The molecular formula is C25H26BrNO3. The van der Waals surface area contributed by atoms with Crippen molar-refractivity contribution in [3.05, 3.63) is 63.6 Å². The van der Waals surface area contributed by atoms with Gasteiger partial charge in [-0.1, -0.05) is 35.9 Å². The van der Waals surface area contributed by atoms with E-state index in [0.29, 0.717) is 0 Å². The maximum Gasteiger partial charge on any atom is 0.410 e. The normalized spacial score (nSPS) is 24.7. The first-order valence-corrected chi connectivity index (χ1v) is 11.4. The molecule has 3 aliphatic heterocycles. The van der Waals surface area contributed by atoms with Gasteiger partial charge in [-0.15, -0.1) is 0 Å².